The number of rotatable bonds is 5. The number of nitrogens with one attached hydrogen (secondary N) is 2. The van der Waals surface area contributed by atoms with Crippen LogP contribution in [0.1, 0.15) is 19.2 Å². The SMILES string of the molecule is CCS(=O)(=O)NC1CC1Nc1nc(C(F)(F)F)nc2ccccc12. The first-order valence-electron chi connectivity index (χ1n) is 7.30. The summed E-state index contributed by atoms with van der Waals surface area (Å²) in [6.45, 7) is 1.51. The van der Waals surface area contributed by atoms with Crippen molar-refractivity contribution in [3.8, 4) is 0 Å². The Kier molecular flexibility index (Phi) is 4.12. The van der Waals surface area contributed by atoms with Gasteiger partial charge in [0.15, 0.2) is 0 Å². The number of sulfonamides is 1. The van der Waals surface area contributed by atoms with E-state index in [-0.39, 0.29) is 29.2 Å². The molecule has 1 aromatic heterocycles. The molecule has 1 aromatic carbocycles. The number of hydrogen-bond donors (Lipinski definition) is 2. The van der Waals surface area contributed by atoms with Gasteiger partial charge in [-0.1, -0.05) is 12.1 Å². The van der Waals surface area contributed by atoms with Crippen LogP contribution in [0.2, 0.25) is 0 Å². The maximum atomic E-state index is 12.9. The van der Waals surface area contributed by atoms with Crippen molar-refractivity contribution in [3.63, 3.8) is 0 Å². The third-order valence-electron chi connectivity index (χ3n) is 3.68. The first-order chi connectivity index (χ1) is 11.2. The highest BCUT2D eigenvalue weighted by Gasteiger charge is 2.41. The summed E-state index contributed by atoms with van der Waals surface area (Å²) in [5.74, 6) is -1.23. The van der Waals surface area contributed by atoms with E-state index >= 15 is 0 Å². The maximum absolute atomic E-state index is 12.9. The van der Waals surface area contributed by atoms with Crippen molar-refractivity contribution < 1.29 is 21.6 Å². The van der Waals surface area contributed by atoms with Gasteiger partial charge in [-0.15, -0.1) is 0 Å². The van der Waals surface area contributed by atoms with Gasteiger partial charge in [-0.2, -0.15) is 13.2 Å². The Morgan fingerprint density at radius 1 is 1.21 bits per heavy atom. The van der Waals surface area contributed by atoms with Crippen molar-refractivity contribution in [3.05, 3.63) is 30.1 Å². The molecule has 3 rings (SSSR count). The van der Waals surface area contributed by atoms with Crippen LogP contribution in [-0.4, -0.2) is 36.2 Å². The van der Waals surface area contributed by atoms with Gasteiger partial charge in [0.1, 0.15) is 5.82 Å². The Labute approximate surface area is 136 Å². The topological polar surface area (TPSA) is 84.0 Å². The molecule has 0 amide bonds. The highest BCUT2D eigenvalue weighted by Crippen LogP contribution is 2.33. The van der Waals surface area contributed by atoms with Crippen LogP contribution in [0.5, 0.6) is 0 Å². The van der Waals surface area contributed by atoms with Gasteiger partial charge in [0, 0.05) is 17.5 Å². The molecule has 2 unspecified atom stereocenters. The van der Waals surface area contributed by atoms with E-state index in [1.165, 1.54) is 13.0 Å². The number of halogens is 3. The third-order valence-corrected chi connectivity index (χ3v) is 5.10. The summed E-state index contributed by atoms with van der Waals surface area (Å²) in [4.78, 5) is 7.12. The highest BCUT2D eigenvalue weighted by atomic mass is 32.2. The number of nitrogens with zero attached hydrogens (tertiary/aromatic N) is 2. The number of fused-ring (bicyclic) bond motifs is 1. The molecule has 0 spiro atoms. The molecule has 2 N–H and O–H groups in total. The van der Waals surface area contributed by atoms with Gasteiger partial charge in [0.2, 0.25) is 15.8 Å². The van der Waals surface area contributed by atoms with E-state index < -0.39 is 22.0 Å². The van der Waals surface area contributed by atoms with Crippen LogP contribution in [0.3, 0.4) is 0 Å². The first kappa shape index (κ1) is 16.9. The molecule has 1 aliphatic rings. The van der Waals surface area contributed by atoms with Crippen molar-refractivity contribution in [2.24, 2.45) is 0 Å². The molecule has 1 heterocycles. The lowest BCUT2D eigenvalue weighted by Crippen LogP contribution is -2.30. The van der Waals surface area contributed by atoms with Gasteiger partial charge in [0.05, 0.1) is 11.3 Å². The van der Waals surface area contributed by atoms with Crippen molar-refractivity contribution in [1.82, 2.24) is 14.7 Å². The Hall–Kier alpha value is -1.94. The summed E-state index contributed by atoms with van der Waals surface area (Å²) in [5, 5.41) is 3.34. The summed E-state index contributed by atoms with van der Waals surface area (Å²) in [7, 11) is -3.36. The lowest BCUT2D eigenvalue weighted by Gasteiger charge is -2.12. The van der Waals surface area contributed by atoms with Crippen LogP contribution >= 0.6 is 0 Å². The average molecular weight is 360 g/mol. The molecule has 0 bridgehead atoms. The van der Waals surface area contributed by atoms with E-state index in [2.05, 4.69) is 20.0 Å². The molecular formula is C14H15F3N4O2S. The molecule has 1 fully saturated rings. The molecule has 1 saturated carbocycles. The third kappa shape index (κ3) is 3.59. The van der Waals surface area contributed by atoms with Gasteiger partial charge in [-0.05, 0) is 25.5 Å². The smallest absolute Gasteiger partial charge is 0.365 e. The lowest BCUT2D eigenvalue weighted by molar-refractivity contribution is -0.144. The van der Waals surface area contributed by atoms with Gasteiger partial charge < -0.3 is 5.32 Å². The largest absolute Gasteiger partial charge is 0.451 e. The monoisotopic (exact) mass is 360 g/mol. The van der Waals surface area contributed by atoms with Crippen LogP contribution in [0.25, 0.3) is 10.9 Å². The predicted octanol–water partition coefficient (Wildman–Crippen LogP) is 2.14. The van der Waals surface area contributed by atoms with Crippen LogP contribution in [0, 0.1) is 0 Å². The molecule has 0 saturated heterocycles. The van der Waals surface area contributed by atoms with E-state index in [9.17, 15) is 21.6 Å². The van der Waals surface area contributed by atoms with Crippen molar-refractivity contribution in [2.75, 3.05) is 11.1 Å². The molecule has 10 heteroatoms. The fourth-order valence-corrected chi connectivity index (χ4v) is 3.18. The summed E-state index contributed by atoms with van der Waals surface area (Å²) >= 11 is 0. The minimum atomic E-state index is -4.66. The van der Waals surface area contributed by atoms with Gasteiger partial charge >= 0.3 is 6.18 Å². The van der Waals surface area contributed by atoms with Crippen molar-refractivity contribution in [1.29, 1.82) is 0 Å². The second kappa shape index (κ2) is 5.85. The number of aromatic nitrogens is 2. The number of para-hydroxylation sites is 1. The molecule has 130 valence electrons. The normalized spacial score (nSPS) is 21.0. The van der Waals surface area contributed by atoms with E-state index in [0.717, 1.165) is 0 Å². The Morgan fingerprint density at radius 3 is 2.58 bits per heavy atom. The number of alkyl halides is 3. The zero-order valence-corrected chi connectivity index (χ0v) is 13.4. The molecule has 2 aromatic rings. The van der Waals surface area contributed by atoms with E-state index in [1.807, 2.05) is 0 Å². The number of benzene rings is 1. The molecule has 24 heavy (non-hydrogen) atoms. The fourth-order valence-electron chi connectivity index (χ4n) is 2.29. The molecule has 2 atom stereocenters. The summed E-state index contributed by atoms with van der Waals surface area (Å²) < 4.78 is 64.4. The van der Waals surface area contributed by atoms with E-state index in [0.29, 0.717) is 11.8 Å². The van der Waals surface area contributed by atoms with Crippen LogP contribution in [0.4, 0.5) is 19.0 Å². The standard InChI is InChI=1S/C14H15F3N4O2S/c1-2-24(22,23)21-11-7-10(11)18-12-8-5-3-4-6-9(8)19-13(20-12)14(15,16)17/h3-6,10-11,21H,2,7H2,1H3,(H,18,19,20). The van der Waals surface area contributed by atoms with Crippen LogP contribution < -0.4 is 10.0 Å². The number of hydrogen-bond acceptors (Lipinski definition) is 5. The second-order valence-electron chi connectivity index (χ2n) is 5.53. The summed E-state index contributed by atoms with van der Waals surface area (Å²) in [5.41, 5.74) is 0.175. The predicted molar refractivity (Wildman–Crippen MR) is 83.0 cm³/mol. The Balaban J connectivity index is 1.87. The average Bonchev–Trinajstić information content (AvgIpc) is 3.23. The quantitative estimate of drug-likeness (QED) is 0.854. The molecule has 1 aliphatic carbocycles. The minimum absolute atomic E-state index is 0.0507. The first-order valence-corrected chi connectivity index (χ1v) is 8.95. The van der Waals surface area contributed by atoms with Crippen LogP contribution in [0.15, 0.2) is 24.3 Å². The fraction of sp³-hybridized carbons (Fsp3) is 0.429. The zero-order chi connectivity index (χ0) is 17.5. The molecule has 0 aliphatic heterocycles. The van der Waals surface area contributed by atoms with E-state index in [1.54, 1.807) is 18.2 Å². The lowest BCUT2D eigenvalue weighted by atomic mass is 10.2. The second-order valence-corrected chi connectivity index (χ2v) is 7.57. The molecular weight excluding hydrogens is 345 g/mol. The summed E-state index contributed by atoms with van der Waals surface area (Å²) in [6.07, 6.45) is -4.17. The minimum Gasteiger partial charge on any atom is -0.365 e. The van der Waals surface area contributed by atoms with Crippen molar-refractivity contribution >= 4 is 26.7 Å². The van der Waals surface area contributed by atoms with Crippen molar-refractivity contribution in [2.45, 2.75) is 31.6 Å². The maximum Gasteiger partial charge on any atom is 0.451 e. The summed E-state index contributed by atoms with van der Waals surface area (Å²) in [6, 6.07) is 5.71. The zero-order valence-electron chi connectivity index (χ0n) is 12.6. The van der Waals surface area contributed by atoms with Gasteiger partial charge in [0.25, 0.3) is 0 Å². The molecule has 6 nitrogen and oxygen atoms in total. The van der Waals surface area contributed by atoms with E-state index in [4.69, 9.17) is 0 Å². The Morgan fingerprint density at radius 2 is 1.92 bits per heavy atom. The Bertz CT molecular complexity index is 870. The molecule has 0 radical (unpaired) electrons. The van der Waals surface area contributed by atoms with Gasteiger partial charge in [-0.25, -0.2) is 23.1 Å². The highest BCUT2D eigenvalue weighted by molar-refractivity contribution is 7.89. The number of anilines is 1. The van der Waals surface area contributed by atoms with Gasteiger partial charge in [-0.3, -0.25) is 0 Å². The van der Waals surface area contributed by atoms with Crippen LogP contribution in [-0.2, 0) is 16.2 Å².